The minimum absolute atomic E-state index is 0.0600. The van der Waals surface area contributed by atoms with Crippen LogP contribution in [-0.4, -0.2) is 14.7 Å². The van der Waals surface area contributed by atoms with Crippen LogP contribution in [0.5, 0.6) is 5.75 Å². The zero-order valence-corrected chi connectivity index (χ0v) is 10.4. The molecule has 0 saturated carbocycles. The van der Waals surface area contributed by atoms with Crippen molar-refractivity contribution in [1.29, 1.82) is 0 Å². The van der Waals surface area contributed by atoms with Crippen molar-refractivity contribution < 1.29 is 5.11 Å². The maximum absolute atomic E-state index is 12.5. The van der Waals surface area contributed by atoms with E-state index in [1.165, 1.54) is 4.57 Å². The van der Waals surface area contributed by atoms with Gasteiger partial charge < -0.3 is 5.11 Å². The van der Waals surface area contributed by atoms with Crippen LogP contribution in [0.25, 0.3) is 16.6 Å². The zero-order valence-electron chi connectivity index (χ0n) is 10.4. The molecule has 0 amide bonds. The highest BCUT2D eigenvalue weighted by atomic mass is 16.3. The third kappa shape index (κ3) is 1.78. The summed E-state index contributed by atoms with van der Waals surface area (Å²) in [5.41, 5.74) is 0.935. The Kier molecular flexibility index (Phi) is 2.56. The lowest BCUT2D eigenvalue weighted by molar-refractivity contribution is 0.471. The standard InChI is InChI=1S/C15H12N2O2/c1-10-16-12-7-3-2-6-11(12)15(19)17(10)13-8-4-5-9-14(13)18/h2-9,18H,1H3. The summed E-state index contributed by atoms with van der Waals surface area (Å²) in [4.78, 5) is 16.9. The number of benzene rings is 2. The molecule has 0 unspecified atom stereocenters. The second-order valence-corrected chi connectivity index (χ2v) is 4.31. The van der Waals surface area contributed by atoms with Crippen LogP contribution in [0.1, 0.15) is 5.82 Å². The number of para-hydroxylation sites is 3. The SMILES string of the molecule is Cc1nc2ccccc2c(=O)n1-c1ccccc1O. The minimum atomic E-state index is -0.176. The van der Waals surface area contributed by atoms with E-state index < -0.39 is 0 Å². The third-order valence-electron chi connectivity index (χ3n) is 3.07. The number of fused-ring (bicyclic) bond motifs is 1. The van der Waals surface area contributed by atoms with Gasteiger partial charge in [-0.2, -0.15) is 0 Å². The molecule has 0 radical (unpaired) electrons. The van der Waals surface area contributed by atoms with Gasteiger partial charge in [-0.05, 0) is 31.2 Å². The van der Waals surface area contributed by atoms with Gasteiger partial charge in [0.25, 0.3) is 5.56 Å². The number of aromatic nitrogens is 2. The van der Waals surface area contributed by atoms with Crippen LogP contribution in [0.3, 0.4) is 0 Å². The topological polar surface area (TPSA) is 55.1 Å². The molecule has 0 aliphatic rings. The highest BCUT2D eigenvalue weighted by molar-refractivity contribution is 5.77. The molecule has 0 aliphatic carbocycles. The molecule has 3 aromatic rings. The summed E-state index contributed by atoms with van der Waals surface area (Å²) in [5, 5.41) is 10.4. The molecule has 2 aromatic carbocycles. The maximum atomic E-state index is 12.5. The quantitative estimate of drug-likeness (QED) is 0.723. The highest BCUT2D eigenvalue weighted by Crippen LogP contribution is 2.21. The molecule has 4 nitrogen and oxygen atoms in total. The number of phenols is 1. The highest BCUT2D eigenvalue weighted by Gasteiger charge is 2.11. The normalized spacial score (nSPS) is 10.8. The van der Waals surface area contributed by atoms with Gasteiger partial charge in [-0.25, -0.2) is 4.98 Å². The van der Waals surface area contributed by atoms with E-state index in [4.69, 9.17) is 0 Å². The largest absolute Gasteiger partial charge is 0.506 e. The van der Waals surface area contributed by atoms with Crippen LogP contribution in [0.4, 0.5) is 0 Å². The Morgan fingerprint density at radius 2 is 1.74 bits per heavy atom. The Balaban J connectivity index is 2.43. The average molecular weight is 252 g/mol. The Morgan fingerprint density at radius 1 is 1.05 bits per heavy atom. The van der Waals surface area contributed by atoms with Gasteiger partial charge in [-0.3, -0.25) is 9.36 Å². The van der Waals surface area contributed by atoms with Gasteiger partial charge in [0.2, 0.25) is 0 Å². The molecule has 0 fully saturated rings. The van der Waals surface area contributed by atoms with Gasteiger partial charge in [-0.15, -0.1) is 0 Å². The van der Waals surface area contributed by atoms with Crippen molar-refractivity contribution in [2.24, 2.45) is 0 Å². The van der Waals surface area contributed by atoms with Crippen LogP contribution in [0, 0.1) is 6.92 Å². The number of aryl methyl sites for hydroxylation is 1. The van der Waals surface area contributed by atoms with E-state index in [0.29, 0.717) is 22.4 Å². The van der Waals surface area contributed by atoms with Crippen molar-refractivity contribution in [3.05, 3.63) is 64.7 Å². The molecular formula is C15H12N2O2. The maximum Gasteiger partial charge on any atom is 0.266 e. The second-order valence-electron chi connectivity index (χ2n) is 4.31. The monoisotopic (exact) mass is 252 g/mol. The average Bonchev–Trinajstić information content (AvgIpc) is 2.41. The van der Waals surface area contributed by atoms with Crippen molar-refractivity contribution in [3.8, 4) is 11.4 Å². The predicted molar refractivity (Wildman–Crippen MR) is 73.7 cm³/mol. The molecule has 1 aromatic heterocycles. The molecule has 0 atom stereocenters. The van der Waals surface area contributed by atoms with Crippen LogP contribution < -0.4 is 5.56 Å². The zero-order chi connectivity index (χ0) is 13.4. The lowest BCUT2D eigenvalue weighted by Crippen LogP contribution is -2.22. The number of phenolic OH excluding ortho intramolecular Hbond substituents is 1. The van der Waals surface area contributed by atoms with Crippen LogP contribution in [0.15, 0.2) is 53.3 Å². The van der Waals surface area contributed by atoms with E-state index >= 15 is 0 Å². The molecule has 0 spiro atoms. The Bertz CT molecular complexity index is 822. The van der Waals surface area contributed by atoms with Gasteiger partial charge in [0.1, 0.15) is 11.6 Å². The molecule has 1 heterocycles. The van der Waals surface area contributed by atoms with E-state index in [2.05, 4.69) is 4.98 Å². The number of hydrogen-bond acceptors (Lipinski definition) is 3. The molecule has 1 N–H and O–H groups in total. The first-order chi connectivity index (χ1) is 9.18. The van der Waals surface area contributed by atoms with Gasteiger partial charge in [0.05, 0.1) is 16.6 Å². The van der Waals surface area contributed by atoms with E-state index in [0.717, 1.165) is 0 Å². The van der Waals surface area contributed by atoms with Gasteiger partial charge in [0.15, 0.2) is 0 Å². The summed E-state index contributed by atoms with van der Waals surface area (Å²) in [6, 6.07) is 13.9. The first-order valence-electron chi connectivity index (χ1n) is 5.95. The molecule has 0 aliphatic heterocycles. The molecule has 0 saturated heterocycles. The molecule has 19 heavy (non-hydrogen) atoms. The van der Waals surface area contributed by atoms with Gasteiger partial charge in [-0.1, -0.05) is 24.3 Å². The van der Waals surface area contributed by atoms with E-state index in [9.17, 15) is 9.90 Å². The predicted octanol–water partition coefficient (Wildman–Crippen LogP) is 2.40. The van der Waals surface area contributed by atoms with Crippen molar-refractivity contribution in [1.82, 2.24) is 9.55 Å². The van der Waals surface area contributed by atoms with Gasteiger partial charge >= 0.3 is 0 Å². The van der Waals surface area contributed by atoms with Crippen LogP contribution in [-0.2, 0) is 0 Å². The summed E-state index contributed by atoms with van der Waals surface area (Å²) in [6.45, 7) is 1.75. The molecule has 94 valence electrons. The molecule has 3 rings (SSSR count). The fraction of sp³-hybridized carbons (Fsp3) is 0.0667. The molecular weight excluding hydrogens is 240 g/mol. The van der Waals surface area contributed by atoms with Crippen molar-refractivity contribution in [3.63, 3.8) is 0 Å². The van der Waals surface area contributed by atoms with Crippen LogP contribution >= 0.6 is 0 Å². The summed E-state index contributed by atoms with van der Waals surface area (Å²) in [6.07, 6.45) is 0. The summed E-state index contributed by atoms with van der Waals surface area (Å²) < 4.78 is 1.43. The number of hydrogen-bond donors (Lipinski definition) is 1. The van der Waals surface area contributed by atoms with Crippen molar-refractivity contribution in [2.45, 2.75) is 6.92 Å². The smallest absolute Gasteiger partial charge is 0.266 e. The number of rotatable bonds is 1. The summed E-state index contributed by atoms with van der Waals surface area (Å²) in [5.74, 6) is 0.606. The van der Waals surface area contributed by atoms with E-state index in [-0.39, 0.29) is 11.3 Å². The molecule has 4 heteroatoms. The number of nitrogens with zero attached hydrogens (tertiary/aromatic N) is 2. The lowest BCUT2D eigenvalue weighted by atomic mass is 10.2. The van der Waals surface area contributed by atoms with E-state index in [1.807, 2.05) is 6.07 Å². The third-order valence-corrected chi connectivity index (χ3v) is 3.07. The minimum Gasteiger partial charge on any atom is -0.506 e. The Hall–Kier alpha value is -2.62. The first-order valence-corrected chi connectivity index (χ1v) is 5.95. The van der Waals surface area contributed by atoms with Gasteiger partial charge in [0, 0.05) is 0 Å². The fourth-order valence-corrected chi connectivity index (χ4v) is 2.18. The second kappa shape index (κ2) is 4.24. The first kappa shape index (κ1) is 11.5. The summed E-state index contributed by atoms with van der Waals surface area (Å²) in [7, 11) is 0. The lowest BCUT2D eigenvalue weighted by Gasteiger charge is -2.11. The van der Waals surface area contributed by atoms with Crippen molar-refractivity contribution in [2.75, 3.05) is 0 Å². The molecule has 0 bridgehead atoms. The van der Waals surface area contributed by atoms with E-state index in [1.54, 1.807) is 49.4 Å². The summed E-state index contributed by atoms with van der Waals surface area (Å²) >= 11 is 0. The number of aromatic hydroxyl groups is 1. The fourth-order valence-electron chi connectivity index (χ4n) is 2.18. The van der Waals surface area contributed by atoms with Crippen LogP contribution in [0.2, 0.25) is 0 Å². The Labute approximate surface area is 109 Å². The Morgan fingerprint density at radius 3 is 2.53 bits per heavy atom. The van der Waals surface area contributed by atoms with Crippen molar-refractivity contribution >= 4 is 10.9 Å².